The minimum atomic E-state index is -0.815. The molecule has 0 aliphatic carbocycles. The fraction of sp³-hybridized carbons (Fsp3) is 0.467. The number of carboxylic acid groups (broad SMARTS) is 1. The smallest absolute Gasteiger partial charge is 0.303 e. The van der Waals surface area contributed by atoms with Crippen LogP contribution in [0.4, 0.5) is 0 Å². The van der Waals surface area contributed by atoms with Gasteiger partial charge in [-0.2, -0.15) is 0 Å². The first kappa shape index (κ1) is 16.8. The van der Waals surface area contributed by atoms with Crippen molar-refractivity contribution >= 4 is 11.9 Å². The van der Waals surface area contributed by atoms with E-state index in [1.165, 1.54) is 0 Å². The molecule has 0 unspecified atom stereocenters. The number of aliphatic carboxylic acids is 1. The molecule has 1 aromatic carbocycles. The Morgan fingerprint density at radius 3 is 2.57 bits per heavy atom. The number of carbonyl (C=O) groups is 2. The van der Waals surface area contributed by atoms with Gasteiger partial charge in [-0.15, -0.1) is 0 Å². The van der Waals surface area contributed by atoms with Gasteiger partial charge in [-0.05, 0) is 18.9 Å². The first-order chi connectivity index (χ1) is 10.1. The SMILES string of the molecule is COc1ccc(CC(=O)NCCCCC(=O)O)c(OC)c1. The van der Waals surface area contributed by atoms with Gasteiger partial charge in [0.1, 0.15) is 11.5 Å². The highest BCUT2D eigenvalue weighted by Crippen LogP contribution is 2.24. The van der Waals surface area contributed by atoms with Crippen molar-refractivity contribution in [3.8, 4) is 11.5 Å². The average molecular weight is 295 g/mol. The van der Waals surface area contributed by atoms with Crippen molar-refractivity contribution in [1.29, 1.82) is 0 Å². The minimum absolute atomic E-state index is 0.117. The van der Waals surface area contributed by atoms with Gasteiger partial charge < -0.3 is 19.9 Å². The van der Waals surface area contributed by atoms with Gasteiger partial charge in [0.25, 0.3) is 0 Å². The molecule has 0 aliphatic heterocycles. The summed E-state index contributed by atoms with van der Waals surface area (Å²) in [5, 5.41) is 11.3. The number of carbonyl (C=O) groups excluding carboxylic acids is 1. The van der Waals surface area contributed by atoms with Crippen molar-refractivity contribution < 1.29 is 24.2 Å². The van der Waals surface area contributed by atoms with Gasteiger partial charge in [0.05, 0.1) is 20.6 Å². The van der Waals surface area contributed by atoms with E-state index in [-0.39, 0.29) is 18.7 Å². The topological polar surface area (TPSA) is 84.9 Å². The lowest BCUT2D eigenvalue weighted by atomic mass is 10.1. The number of ether oxygens (including phenoxy) is 2. The lowest BCUT2D eigenvalue weighted by Gasteiger charge is -2.10. The second-order valence-electron chi connectivity index (χ2n) is 4.56. The molecule has 0 saturated carbocycles. The van der Waals surface area contributed by atoms with Crippen LogP contribution >= 0.6 is 0 Å². The zero-order valence-corrected chi connectivity index (χ0v) is 12.3. The normalized spacial score (nSPS) is 10.0. The average Bonchev–Trinajstić information content (AvgIpc) is 2.47. The van der Waals surface area contributed by atoms with Crippen molar-refractivity contribution in [2.24, 2.45) is 0 Å². The van der Waals surface area contributed by atoms with Crippen LogP contribution in [0.1, 0.15) is 24.8 Å². The molecule has 1 amide bonds. The summed E-state index contributed by atoms with van der Waals surface area (Å²) in [6.07, 6.45) is 1.55. The van der Waals surface area contributed by atoms with E-state index in [0.717, 1.165) is 5.56 Å². The third-order valence-electron chi connectivity index (χ3n) is 2.98. The molecule has 1 aromatic rings. The van der Waals surface area contributed by atoms with E-state index in [4.69, 9.17) is 14.6 Å². The standard InChI is InChI=1S/C15H21NO5/c1-20-12-7-6-11(13(10-12)21-2)9-14(17)16-8-4-3-5-15(18)19/h6-7,10H,3-5,8-9H2,1-2H3,(H,16,17)(H,18,19). The van der Waals surface area contributed by atoms with Crippen molar-refractivity contribution in [2.45, 2.75) is 25.7 Å². The summed E-state index contributed by atoms with van der Waals surface area (Å²) in [5.74, 6) is 0.346. The molecule has 0 saturated heterocycles. The van der Waals surface area contributed by atoms with Gasteiger partial charge in [0, 0.05) is 24.6 Å². The molecule has 116 valence electrons. The number of amides is 1. The summed E-state index contributed by atoms with van der Waals surface area (Å²) in [5.41, 5.74) is 0.779. The molecule has 0 aliphatic rings. The third kappa shape index (κ3) is 6.16. The second-order valence-corrected chi connectivity index (χ2v) is 4.56. The Morgan fingerprint density at radius 1 is 1.19 bits per heavy atom. The van der Waals surface area contributed by atoms with Crippen molar-refractivity contribution in [2.75, 3.05) is 20.8 Å². The first-order valence-corrected chi connectivity index (χ1v) is 6.76. The first-order valence-electron chi connectivity index (χ1n) is 6.76. The van der Waals surface area contributed by atoms with Crippen LogP contribution in [0.5, 0.6) is 11.5 Å². The lowest BCUT2D eigenvalue weighted by molar-refractivity contribution is -0.137. The summed E-state index contributed by atoms with van der Waals surface area (Å²) in [6, 6.07) is 5.30. The number of benzene rings is 1. The Morgan fingerprint density at radius 2 is 1.95 bits per heavy atom. The highest BCUT2D eigenvalue weighted by molar-refractivity contribution is 5.79. The van der Waals surface area contributed by atoms with E-state index in [2.05, 4.69) is 5.32 Å². The quantitative estimate of drug-likeness (QED) is 0.676. The molecule has 0 radical (unpaired) electrons. The number of hydrogen-bond donors (Lipinski definition) is 2. The van der Waals surface area contributed by atoms with Crippen LogP contribution < -0.4 is 14.8 Å². The zero-order valence-electron chi connectivity index (χ0n) is 12.3. The molecule has 0 bridgehead atoms. The molecule has 0 spiro atoms. The molecule has 2 N–H and O–H groups in total. The van der Waals surface area contributed by atoms with E-state index in [1.807, 2.05) is 0 Å². The van der Waals surface area contributed by atoms with Crippen LogP contribution in [0.3, 0.4) is 0 Å². The predicted molar refractivity (Wildman–Crippen MR) is 77.7 cm³/mol. The molecule has 0 atom stereocenters. The third-order valence-corrected chi connectivity index (χ3v) is 2.98. The van der Waals surface area contributed by atoms with Crippen LogP contribution in [0, 0.1) is 0 Å². The van der Waals surface area contributed by atoms with Crippen LogP contribution in [0.15, 0.2) is 18.2 Å². The maximum Gasteiger partial charge on any atom is 0.303 e. The fourth-order valence-electron chi connectivity index (χ4n) is 1.86. The van der Waals surface area contributed by atoms with Crippen LogP contribution in [0.25, 0.3) is 0 Å². The zero-order chi connectivity index (χ0) is 15.7. The number of unbranched alkanes of at least 4 members (excludes halogenated alkanes) is 1. The highest BCUT2D eigenvalue weighted by Gasteiger charge is 2.09. The summed E-state index contributed by atoms with van der Waals surface area (Å²) in [7, 11) is 3.11. The largest absolute Gasteiger partial charge is 0.497 e. The summed E-state index contributed by atoms with van der Waals surface area (Å²) >= 11 is 0. The Labute approximate surface area is 124 Å². The van der Waals surface area contributed by atoms with Gasteiger partial charge in [-0.1, -0.05) is 6.07 Å². The summed E-state index contributed by atoms with van der Waals surface area (Å²) in [6.45, 7) is 0.477. The van der Waals surface area contributed by atoms with Gasteiger partial charge in [-0.3, -0.25) is 9.59 Å². The lowest BCUT2D eigenvalue weighted by Crippen LogP contribution is -2.26. The van der Waals surface area contributed by atoms with Gasteiger partial charge in [0.2, 0.25) is 5.91 Å². The van der Waals surface area contributed by atoms with E-state index < -0.39 is 5.97 Å². The molecule has 6 nitrogen and oxygen atoms in total. The molecule has 1 rings (SSSR count). The number of hydrogen-bond acceptors (Lipinski definition) is 4. The number of nitrogens with one attached hydrogen (secondary N) is 1. The summed E-state index contributed by atoms with van der Waals surface area (Å²) < 4.78 is 10.3. The molecular formula is C15H21NO5. The van der Waals surface area contributed by atoms with E-state index in [1.54, 1.807) is 32.4 Å². The van der Waals surface area contributed by atoms with Crippen LogP contribution in [0.2, 0.25) is 0 Å². The van der Waals surface area contributed by atoms with E-state index in [9.17, 15) is 9.59 Å². The Balaban J connectivity index is 2.42. The monoisotopic (exact) mass is 295 g/mol. The molecular weight excluding hydrogens is 274 g/mol. The van der Waals surface area contributed by atoms with Crippen LogP contribution in [-0.4, -0.2) is 37.7 Å². The number of carboxylic acids is 1. The Kier molecular flexibility index (Phi) is 7.08. The second kappa shape index (κ2) is 8.84. The highest BCUT2D eigenvalue weighted by atomic mass is 16.5. The number of methoxy groups -OCH3 is 2. The molecule has 0 heterocycles. The Bertz CT molecular complexity index is 487. The van der Waals surface area contributed by atoms with Gasteiger partial charge in [0.15, 0.2) is 0 Å². The maximum absolute atomic E-state index is 11.8. The van der Waals surface area contributed by atoms with E-state index >= 15 is 0 Å². The fourth-order valence-corrected chi connectivity index (χ4v) is 1.86. The molecule has 6 heteroatoms. The van der Waals surface area contributed by atoms with E-state index in [0.29, 0.717) is 30.9 Å². The summed E-state index contributed by atoms with van der Waals surface area (Å²) in [4.78, 5) is 22.2. The van der Waals surface area contributed by atoms with Crippen molar-refractivity contribution in [3.63, 3.8) is 0 Å². The predicted octanol–water partition coefficient (Wildman–Crippen LogP) is 1.62. The molecule has 0 aromatic heterocycles. The minimum Gasteiger partial charge on any atom is -0.497 e. The van der Waals surface area contributed by atoms with Gasteiger partial charge in [-0.25, -0.2) is 0 Å². The maximum atomic E-state index is 11.8. The Hall–Kier alpha value is -2.24. The molecule has 0 fully saturated rings. The van der Waals surface area contributed by atoms with Gasteiger partial charge >= 0.3 is 5.97 Å². The van der Waals surface area contributed by atoms with Crippen molar-refractivity contribution in [3.05, 3.63) is 23.8 Å². The van der Waals surface area contributed by atoms with Crippen molar-refractivity contribution in [1.82, 2.24) is 5.32 Å². The number of rotatable bonds is 9. The molecule has 21 heavy (non-hydrogen) atoms. The van der Waals surface area contributed by atoms with Crippen LogP contribution in [-0.2, 0) is 16.0 Å².